The highest BCUT2D eigenvalue weighted by atomic mass is 19.1. The second-order valence-electron chi connectivity index (χ2n) is 6.34. The smallest absolute Gasteiger partial charge is 0.375 e. The molecule has 1 N–H and O–H groups in total. The molecule has 0 aliphatic heterocycles. The molecular formula is C22H18FNO5. The van der Waals surface area contributed by atoms with Gasteiger partial charge in [0.25, 0.3) is 5.91 Å². The van der Waals surface area contributed by atoms with Crippen LogP contribution >= 0.6 is 0 Å². The van der Waals surface area contributed by atoms with Crippen molar-refractivity contribution in [2.75, 3.05) is 5.32 Å². The Balaban J connectivity index is 1.63. The average Bonchev–Trinajstić information content (AvgIpc) is 3.18. The van der Waals surface area contributed by atoms with Gasteiger partial charge in [-0.15, -0.1) is 0 Å². The highest BCUT2D eigenvalue weighted by Crippen LogP contribution is 2.23. The van der Waals surface area contributed by atoms with E-state index in [-0.39, 0.29) is 17.2 Å². The first kappa shape index (κ1) is 20.0. The third-order valence-electron chi connectivity index (χ3n) is 4.13. The fraction of sp³-hybridized carbons (Fsp3) is 0.136. The molecule has 0 aliphatic rings. The van der Waals surface area contributed by atoms with Crippen molar-refractivity contribution in [2.24, 2.45) is 0 Å². The molecule has 0 saturated heterocycles. The lowest BCUT2D eigenvalue weighted by Gasteiger charge is -2.12. The summed E-state index contributed by atoms with van der Waals surface area (Å²) in [4.78, 5) is 35.7. The predicted octanol–water partition coefficient (Wildman–Crippen LogP) is 4.47. The van der Waals surface area contributed by atoms with Gasteiger partial charge in [0, 0.05) is 16.8 Å². The van der Waals surface area contributed by atoms with Gasteiger partial charge in [-0.25, -0.2) is 9.18 Å². The zero-order valence-corrected chi connectivity index (χ0v) is 15.8. The Bertz CT molecular complexity index is 1060. The van der Waals surface area contributed by atoms with E-state index in [4.69, 9.17) is 9.15 Å². The number of benzene rings is 2. The molecule has 1 atom stereocenters. The van der Waals surface area contributed by atoms with Crippen LogP contribution in [0.1, 0.15) is 34.8 Å². The zero-order valence-electron chi connectivity index (χ0n) is 15.8. The molecule has 0 radical (unpaired) electrons. The largest absolute Gasteiger partial charge is 0.449 e. The SMILES string of the molecule is CC(=O)c1ccc(-c2ccc(C(=O)O[C@@H](C)C(=O)Nc3cccc(F)c3)o2)cc1. The fourth-order valence-electron chi connectivity index (χ4n) is 2.55. The minimum Gasteiger partial charge on any atom is -0.449 e. The molecule has 0 saturated carbocycles. The number of anilines is 1. The zero-order chi connectivity index (χ0) is 21.0. The van der Waals surface area contributed by atoms with Crippen molar-refractivity contribution < 1.29 is 27.9 Å². The van der Waals surface area contributed by atoms with Gasteiger partial charge >= 0.3 is 5.97 Å². The second kappa shape index (κ2) is 8.52. The molecule has 0 unspecified atom stereocenters. The highest BCUT2D eigenvalue weighted by molar-refractivity contribution is 5.97. The van der Waals surface area contributed by atoms with Crippen LogP contribution in [-0.4, -0.2) is 23.8 Å². The number of ether oxygens (including phenoxy) is 1. The van der Waals surface area contributed by atoms with Crippen molar-refractivity contribution in [3.05, 3.63) is 77.8 Å². The summed E-state index contributed by atoms with van der Waals surface area (Å²) in [5.74, 6) is -1.60. The van der Waals surface area contributed by atoms with Crippen LogP contribution in [-0.2, 0) is 9.53 Å². The van der Waals surface area contributed by atoms with Crippen molar-refractivity contribution in [3.63, 3.8) is 0 Å². The minimum atomic E-state index is -1.12. The van der Waals surface area contributed by atoms with Gasteiger partial charge in [0.05, 0.1) is 0 Å². The normalized spacial score (nSPS) is 11.6. The second-order valence-corrected chi connectivity index (χ2v) is 6.34. The Morgan fingerprint density at radius 1 is 1.03 bits per heavy atom. The topological polar surface area (TPSA) is 85.6 Å². The van der Waals surface area contributed by atoms with Gasteiger partial charge in [-0.2, -0.15) is 0 Å². The van der Waals surface area contributed by atoms with Crippen LogP contribution in [0.2, 0.25) is 0 Å². The average molecular weight is 395 g/mol. The number of nitrogens with one attached hydrogen (secondary N) is 1. The number of Topliss-reactive ketones (excluding diaryl/α,β-unsaturated/α-hetero) is 1. The van der Waals surface area contributed by atoms with Gasteiger partial charge in [-0.3, -0.25) is 9.59 Å². The van der Waals surface area contributed by atoms with Crippen molar-refractivity contribution >= 4 is 23.3 Å². The van der Waals surface area contributed by atoms with E-state index in [0.29, 0.717) is 16.9 Å². The molecule has 6 nitrogen and oxygen atoms in total. The maximum atomic E-state index is 13.2. The molecule has 29 heavy (non-hydrogen) atoms. The standard InChI is InChI=1S/C22H18FNO5/c1-13(25)15-6-8-16(9-7-15)19-10-11-20(29-19)22(27)28-14(2)21(26)24-18-5-3-4-17(23)12-18/h3-12,14H,1-2H3,(H,24,26)/t14-/m0/s1. The number of esters is 1. The lowest BCUT2D eigenvalue weighted by Crippen LogP contribution is -2.29. The number of halogens is 1. The summed E-state index contributed by atoms with van der Waals surface area (Å²) < 4.78 is 23.8. The summed E-state index contributed by atoms with van der Waals surface area (Å²) in [6.07, 6.45) is -1.12. The first-order chi connectivity index (χ1) is 13.8. The van der Waals surface area contributed by atoms with E-state index in [0.717, 1.165) is 6.07 Å². The first-order valence-corrected chi connectivity index (χ1v) is 8.82. The number of rotatable bonds is 6. The third-order valence-corrected chi connectivity index (χ3v) is 4.13. The maximum absolute atomic E-state index is 13.2. The van der Waals surface area contributed by atoms with E-state index in [2.05, 4.69) is 5.32 Å². The van der Waals surface area contributed by atoms with E-state index < -0.39 is 23.8 Å². The van der Waals surface area contributed by atoms with Crippen LogP contribution < -0.4 is 5.32 Å². The van der Waals surface area contributed by atoms with Crippen LogP contribution in [0.5, 0.6) is 0 Å². The van der Waals surface area contributed by atoms with E-state index in [9.17, 15) is 18.8 Å². The van der Waals surface area contributed by atoms with Crippen LogP contribution in [0.3, 0.4) is 0 Å². The molecule has 1 amide bonds. The summed E-state index contributed by atoms with van der Waals surface area (Å²) in [6.45, 7) is 2.87. The summed E-state index contributed by atoms with van der Waals surface area (Å²) in [7, 11) is 0. The molecule has 1 aromatic heterocycles. The highest BCUT2D eigenvalue weighted by Gasteiger charge is 2.21. The summed E-state index contributed by atoms with van der Waals surface area (Å²) >= 11 is 0. The Hall–Kier alpha value is -3.74. The molecule has 0 spiro atoms. The van der Waals surface area contributed by atoms with Gasteiger partial charge in [-0.1, -0.05) is 30.3 Å². The van der Waals surface area contributed by atoms with Gasteiger partial charge in [0.2, 0.25) is 5.76 Å². The minimum absolute atomic E-state index is 0.0502. The molecule has 0 aliphatic carbocycles. The number of amides is 1. The first-order valence-electron chi connectivity index (χ1n) is 8.82. The van der Waals surface area contributed by atoms with Crippen molar-refractivity contribution in [2.45, 2.75) is 20.0 Å². The number of ketones is 1. The van der Waals surface area contributed by atoms with E-state index in [1.54, 1.807) is 30.3 Å². The Labute approximate surface area is 166 Å². The quantitative estimate of drug-likeness (QED) is 0.492. The van der Waals surface area contributed by atoms with Crippen LogP contribution in [0, 0.1) is 5.82 Å². The third kappa shape index (κ3) is 4.95. The number of carbonyl (C=O) groups excluding carboxylic acids is 3. The van der Waals surface area contributed by atoms with Crippen molar-refractivity contribution in [1.82, 2.24) is 0 Å². The summed E-state index contributed by atoms with van der Waals surface area (Å²) in [5, 5.41) is 2.47. The molecule has 3 aromatic rings. The van der Waals surface area contributed by atoms with Crippen molar-refractivity contribution in [3.8, 4) is 11.3 Å². The number of hydrogen-bond acceptors (Lipinski definition) is 5. The molecule has 1 heterocycles. The van der Waals surface area contributed by atoms with Gasteiger partial charge in [0.15, 0.2) is 11.9 Å². The molecule has 148 valence electrons. The fourth-order valence-corrected chi connectivity index (χ4v) is 2.55. The van der Waals surface area contributed by atoms with Gasteiger partial charge in [0.1, 0.15) is 11.6 Å². The summed E-state index contributed by atoms with van der Waals surface area (Å²) in [5.41, 5.74) is 1.51. The van der Waals surface area contributed by atoms with E-state index in [1.807, 2.05) is 0 Å². The predicted molar refractivity (Wildman–Crippen MR) is 104 cm³/mol. The number of carbonyl (C=O) groups is 3. The molecule has 7 heteroatoms. The molecular weight excluding hydrogens is 377 g/mol. The van der Waals surface area contributed by atoms with Crippen LogP contribution in [0.25, 0.3) is 11.3 Å². The number of hydrogen-bond donors (Lipinski definition) is 1. The molecule has 2 aromatic carbocycles. The number of furan rings is 1. The molecule has 3 rings (SSSR count). The maximum Gasteiger partial charge on any atom is 0.375 e. The van der Waals surface area contributed by atoms with Crippen LogP contribution in [0.15, 0.2) is 65.1 Å². The molecule has 0 bridgehead atoms. The van der Waals surface area contributed by atoms with E-state index in [1.165, 1.54) is 38.1 Å². The Morgan fingerprint density at radius 2 is 1.76 bits per heavy atom. The monoisotopic (exact) mass is 395 g/mol. The Morgan fingerprint density at radius 3 is 2.41 bits per heavy atom. The lowest BCUT2D eigenvalue weighted by atomic mass is 10.1. The lowest BCUT2D eigenvalue weighted by molar-refractivity contribution is -0.123. The van der Waals surface area contributed by atoms with E-state index >= 15 is 0 Å². The van der Waals surface area contributed by atoms with Crippen molar-refractivity contribution in [1.29, 1.82) is 0 Å². The summed E-state index contributed by atoms with van der Waals surface area (Å²) in [6, 6.07) is 15.2. The van der Waals surface area contributed by atoms with Gasteiger partial charge < -0.3 is 14.5 Å². The van der Waals surface area contributed by atoms with Crippen LogP contribution in [0.4, 0.5) is 10.1 Å². The van der Waals surface area contributed by atoms with Gasteiger partial charge in [-0.05, 0) is 44.2 Å². The Kier molecular flexibility index (Phi) is 5.87. The molecule has 0 fully saturated rings.